The Balaban J connectivity index is 0.0000000979. The summed E-state index contributed by atoms with van der Waals surface area (Å²) in [4.78, 5) is 45.4. The molecule has 15 heteroatoms. The number of benzene rings is 7. The van der Waals surface area contributed by atoms with E-state index in [9.17, 15) is 0 Å². The third-order valence-corrected chi connectivity index (χ3v) is 19.0. The van der Waals surface area contributed by atoms with Crippen LogP contribution in [0.4, 0.5) is 0 Å². The first kappa shape index (κ1) is 65.1. The largest absolute Gasteiger partial charge is 0.294 e. The Hall–Kier alpha value is -14.2. The highest BCUT2D eigenvalue weighted by atomic mass is 15.2. The van der Waals surface area contributed by atoms with E-state index in [1.54, 1.807) is 18.6 Å². The van der Waals surface area contributed by atoms with Gasteiger partial charge >= 0.3 is 0 Å². The lowest BCUT2D eigenvalue weighted by atomic mass is 10.1. The minimum Gasteiger partial charge on any atom is -0.294 e. The summed E-state index contributed by atoms with van der Waals surface area (Å²) in [5.74, 6) is 3.38. The van der Waals surface area contributed by atoms with Gasteiger partial charge in [-0.1, -0.05) is 125 Å². The van der Waals surface area contributed by atoms with E-state index in [1.807, 2.05) is 151 Å². The summed E-state index contributed by atoms with van der Waals surface area (Å²) >= 11 is 0. The van der Waals surface area contributed by atoms with Crippen molar-refractivity contribution >= 4 is 110 Å². The van der Waals surface area contributed by atoms with Crippen LogP contribution in [0.15, 0.2) is 329 Å². The van der Waals surface area contributed by atoms with Crippen LogP contribution in [-0.4, -0.2) is 72.7 Å². The standard InChI is InChI=1S/C23H17N3.C18H14N2.2C17H13N3.C16H12N4/c1-16-10-12-20-18(15-16)23-21(26(20)22-9-5-6-14-24-22)13-11-19(25-23)17-7-3-2-4-8-17;1-13-9-10-17-16(12-13)15-8-5-11-19-18(15)20(17)14-6-3-2-4-7-14;1-12-7-8-14-13(11-12)17-15(5-4-10-19-17)20(14)16-6-2-3-9-18-16;1-12-7-8-15-14(11-12)13-5-4-10-19-17(13)20(15)16-6-2-3-9-18-16;1-11-5-6-14-13(10-11)12-4-2-7-17-15(12)20(14)16-18-8-3-9-19-16/h2-15H,1H3;2-12H,1H3;2*2-11H,1H3;2-10H,1H3. The summed E-state index contributed by atoms with van der Waals surface area (Å²) in [5, 5.41) is 9.48. The first-order valence-electron chi connectivity index (χ1n) is 35.2. The summed E-state index contributed by atoms with van der Waals surface area (Å²) in [6.07, 6.45) is 16.3. The highest BCUT2D eigenvalue weighted by Gasteiger charge is 2.20. The minimum atomic E-state index is 0.648. The van der Waals surface area contributed by atoms with Crippen molar-refractivity contribution in [3.05, 3.63) is 357 Å². The fourth-order valence-corrected chi connectivity index (χ4v) is 14.2. The molecule has 0 atom stereocenters. The third-order valence-electron chi connectivity index (χ3n) is 19.0. The predicted molar refractivity (Wildman–Crippen MR) is 431 cm³/mol. The molecule has 21 aromatic rings. The number of nitrogens with zero attached hydrogens (tertiary/aromatic N) is 15. The molecule has 0 N–H and O–H groups in total. The molecule has 0 spiro atoms. The molecule has 0 unspecified atom stereocenters. The second kappa shape index (κ2) is 28.3. The fraction of sp³-hybridized carbons (Fsp3) is 0.0549. The number of aryl methyl sites for hydroxylation is 5. The lowest BCUT2D eigenvalue weighted by Crippen LogP contribution is -2.00. The van der Waals surface area contributed by atoms with Gasteiger partial charge in [0.2, 0.25) is 5.95 Å². The molecule has 15 nitrogen and oxygen atoms in total. The quantitative estimate of drug-likeness (QED) is 0.157. The summed E-state index contributed by atoms with van der Waals surface area (Å²) in [5.41, 5.74) is 22.2. The Morgan fingerprint density at radius 3 is 1.07 bits per heavy atom. The second-order valence-electron chi connectivity index (χ2n) is 26.2. The van der Waals surface area contributed by atoms with Gasteiger partial charge in [0.15, 0.2) is 0 Å². The predicted octanol–water partition coefficient (Wildman–Crippen LogP) is 21.1. The van der Waals surface area contributed by atoms with Crippen LogP contribution in [0, 0.1) is 34.6 Å². The van der Waals surface area contributed by atoms with E-state index in [2.05, 4.69) is 262 Å². The summed E-state index contributed by atoms with van der Waals surface area (Å²) in [6, 6.07) is 93.3. The smallest absolute Gasteiger partial charge is 0.235 e. The van der Waals surface area contributed by atoms with Crippen LogP contribution >= 0.6 is 0 Å². The second-order valence-corrected chi connectivity index (χ2v) is 26.2. The van der Waals surface area contributed by atoms with Crippen LogP contribution in [0.3, 0.4) is 0 Å². The van der Waals surface area contributed by atoms with Gasteiger partial charge in [-0.15, -0.1) is 0 Å². The molecule has 0 amide bonds. The topological polar surface area (TPSA) is 154 Å². The number of hydrogen-bond donors (Lipinski definition) is 0. The van der Waals surface area contributed by atoms with Crippen molar-refractivity contribution in [2.45, 2.75) is 34.6 Å². The zero-order chi connectivity index (χ0) is 71.6. The van der Waals surface area contributed by atoms with E-state index in [-0.39, 0.29) is 0 Å². The molecular weight excluding hydrogens is 1300 g/mol. The summed E-state index contributed by atoms with van der Waals surface area (Å²) in [7, 11) is 0. The molecule has 0 radical (unpaired) electrons. The Morgan fingerprint density at radius 2 is 0.575 bits per heavy atom. The fourth-order valence-electron chi connectivity index (χ4n) is 14.2. The van der Waals surface area contributed by atoms with E-state index in [1.165, 1.54) is 60.3 Å². The van der Waals surface area contributed by atoms with Gasteiger partial charge in [-0.2, -0.15) is 0 Å². The van der Waals surface area contributed by atoms with Crippen LogP contribution < -0.4 is 0 Å². The Labute approximate surface area is 610 Å². The molecule has 0 bridgehead atoms. The molecule has 508 valence electrons. The number of pyridine rings is 8. The molecule has 0 aliphatic rings. The molecule has 0 fully saturated rings. The van der Waals surface area contributed by atoms with Gasteiger partial charge < -0.3 is 0 Å². The monoisotopic (exact) mass is 1370 g/mol. The van der Waals surface area contributed by atoms with Crippen molar-refractivity contribution in [2.24, 2.45) is 0 Å². The number of aromatic nitrogens is 15. The van der Waals surface area contributed by atoms with Crippen molar-refractivity contribution in [3.63, 3.8) is 0 Å². The van der Waals surface area contributed by atoms with Crippen LogP contribution in [0.25, 0.3) is 150 Å². The number of para-hydroxylation sites is 1. The molecule has 21 rings (SSSR count). The lowest BCUT2D eigenvalue weighted by molar-refractivity contribution is 0.975. The Bertz CT molecular complexity index is 6130. The van der Waals surface area contributed by atoms with Crippen LogP contribution in [0.2, 0.25) is 0 Å². The summed E-state index contributed by atoms with van der Waals surface area (Å²) < 4.78 is 10.7. The van der Waals surface area contributed by atoms with Crippen LogP contribution in [-0.2, 0) is 0 Å². The molecule has 0 aliphatic heterocycles. The maximum Gasteiger partial charge on any atom is 0.235 e. The molecule has 106 heavy (non-hydrogen) atoms. The van der Waals surface area contributed by atoms with E-state index in [0.717, 1.165) is 112 Å². The van der Waals surface area contributed by atoms with Gasteiger partial charge in [0, 0.05) is 110 Å². The van der Waals surface area contributed by atoms with Crippen LogP contribution in [0.5, 0.6) is 0 Å². The minimum absolute atomic E-state index is 0.648. The highest BCUT2D eigenvalue weighted by Crippen LogP contribution is 2.37. The molecule has 7 aromatic carbocycles. The average Bonchev–Trinajstić information content (AvgIpc) is 1.63. The Kier molecular flexibility index (Phi) is 17.4. The van der Waals surface area contributed by atoms with Crippen molar-refractivity contribution in [1.29, 1.82) is 0 Å². The average molecular weight is 1370 g/mol. The third kappa shape index (κ3) is 12.3. The molecule has 14 aromatic heterocycles. The summed E-state index contributed by atoms with van der Waals surface area (Å²) in [6.45, 7) is 10.6. The molecule has 0 saturated heterocycles. The lowest BCUT2D eigenvalue weighted by Gasteiger charge is -2.06. The zero-order valence-corrected chi connectivity index (χ0v) is 58.9. The van der Waals surface area contributed by atoms with Crippen molar-refractivity contribution < 1.29 is 0 Å². The van der Waals surface area contributed by atoms with Gasteiger partial charge in [0.25, 0.3) is 0 Å². The van der Waals surface area contributed by atoms with E-state index in [4.69, 9.17) is 4.98 Å². The van der Waals surface area contributed by atoms with Crippen molar-refractivity contribution in [1.82, 2.24) is 72.7 Å². The zero-order valence-electron chi connectivity index (χ0n) is 58.9. The normalized spacial score (nSPS) is 11.3. The van der Waals surface area contributed by atoms with Gasteiger partial charge in [-0.25, -0.2) is 44.9 Å². The first-order chi connectivity index (χ1) is 52.2. The van der Waals surface area contributed by atoms with Gasteiger partial charge in [0.05, 0.1) is 55.3 Å². The molecule has 0 saturated carbocycles. The van der Waals surface area contributed by atoms with E-state index >= 15 is 0 Å². The number of rotatable bonds is 6. The number of hydrogen-bond acceptors (Lipinski definition) is 10. The van der Waals surface area contributed by atoms with Gasteiger partial charge in [-0.05, 0) is 211 Å². The van der Waals surface area contributed by atoms with Gasteiger partial charge in [-0.3, -0.25) is 27.8 Å². The van der Waals surface area contributed by atoms with Gasteiger partial charge in [0.1, 0.15) is 34.4 Å². The maximum absolute atomic E-state index is 5.01. The van der Waals surface area contributed by atoms with Crippen molar-refractivity contribution in [3.8, 4) is 40.3 Å². The first-order valence-corrected chi connectivity index (χ1v) is 35.2. The van der Waals surface area contributed by atoms with Crippen LogP contribution in [0.1, 0.15) is 27.8 Å². The Morgan fingerprint density at radius 1 is 0.217 bits per heavy atom. The van der Waals surface area contributed by atoms with E-state index in [0.29, 0.717) is 5.95 Å². The molecule has 0 aliphatic carbocycles. The molecule has 14 heterocycles. The number of fused-ring (bicyclic) bond motifs is 15. The van der Waals surface area contributed by atoms with Crippen molar-refractivity contribution in [2.75, 3.05) is 0 Å². The molecular formula is C91H69N15. The highest BCUT2D eigenvalue weighted by molar-refractivity contribution is 6.11. The van der Waals surface area contributed by atoms with E-state index < -0.39 is 0 Å². The maximum atomic E-state index is 5.01. The SMILES string of the molecule is Cc1ccc2c(c1)c1cccnc1n2-c1ccccc1.Cc1ccc2c(c1)c1cccnc1n2-c1ccccn1.Cc1ccc2c(c1)c1cccnc1n2-c1ncccn1.Cc1ccc2c(c1)c1nc(-c3ccccc3)ccc1n2-c1ccccn1.Cc1ccc2c(c1)c1ncccc1n2-c1ccccn1.